The number of H-pyrrole nitrogens is 2. The van der Waals surface area contributed by atoms with E-state index in [1.807, 2.05) is 23.1 Å². The van der Waals surface area contributed by atoms with Gasteiger partial charge in [0, 0.05) is 30.1 Å². The van der Waals surface area contributed by atoms with E-state index < -0.39 is 5.76 Å². The summed E-state index contributed by atoms with van der Waals surface area (Å²) in [5.74, 6) is -0.235. The van der Waals surface area contributed by atoms with Gasteiger partial charge in [-0.2, -0.15) is 0 Å². The second kappa shape index (κ2) is 6.92. The van der Waals surface area contributed by atoms with Crippen molar-refractivity contribution >= 4 is 27.9 Å². The number of piperidine rings is 1. The fourth-order valence-corrected chi connectivity index (χ4v) is 4.16. The van der Waals surface area contributed by atoms with Crippen LogP contribution in [0.3, 0.4) is 0 Å². The molecule has 0 radical (unpaired) electrons. The molecule has 4 aromatic rings. The van der Waals surface area contributed by atoms with Crippen molar-refractivity contribution in [3.63, 3.8) is 0 Å². The molecule has 1 fully saturated rings. The standard InChI is InChI=1S/C22H20FN3O3/c23-16-3-1-13(2-4-16)9-14-5-7-26(8-6-14)21(27)19-11-15-10-18-20(12-17(15)24-19)29-22(28)25-18/h1-4,10-12,14,24H,5-9H2,(H,25,28). The molecule has 0 bridgehead atoms. The summed E-state index contributed by atoms with van der Waals surface area (Å²) in [6, 6.07) is 12.0. The first-order valence-corrected chi connectivity index (χ1v) is 9.74. The predicted octanol–water partition coefficient (Wildman–Crippen LogP) is 3.84. The van der Waals surface area contributed by atoms with Gasteiger partial charge in [-0.05, 0) is 55.0 Å². The monoisotopic (exact) mass is 393 g/mol. The third-order valence-electron chi connectivity index (χ3n) is 5.73. The molecule has 5 rings (SSSR count). The van der Waals surface area contributed by atoms with E-state index in [1.54, 1.807) is 12.1 Å². The van der Waals surface area contributed by atoms with E-state index in [9.17, 15) is 14.0 Å². The number of aromatic amines is 2. The zero-order chi connectivity index (χ0) is 20.0. The Kier molecular flexibility index (Phi) is 4.23. The fourth-order valence-electron chi connectivity index (χ4n) is 4.16. The fraction of sp³-hybridized carbons (Fsp3) is 0.273. The Balaban J connectivity index is 1.27. The highest BCUT2D eigenvalue weighted by molar-refractivity contribution is 6.01. The van der Waals surface area contributed by atoms with Crippen molar-refractivity contribution in [2.45, 2.75) is 19.3 Å². The maximum absolute atomic E-state index is 13.1. The Morgan fingerprint density at radius 1 is 1.07 bits per heavy atom. The van der Waals surface area contributed by atoms with Crippen molar-refractivity contribution in [1.82, 2.24) is 14.9 Å². The van der Waals surface area contributed by atoms with Gasteiger partial charge in [-0.15, -0.1) is 0 Å². The van der Waals surface area contributed by atoms with Crippen LogP contribution in [-0.4, -0.2) is 33.9 Å². The molecule has 1 saturated heterocycles. The van der Waals surface area contributed by atoms with Crippen LogP contribution in [0.5, 0.6) is 0 Å². The lowest BCUT2D eigenvalue weighted by atomic mass is 9.90. The Labute approximate surface area is 165 Å². The van der Waals surface area contributed by atoms with Crippen LogP contribution in [0.25, 0.3) is 22.0 Å². The number of nitrogens with zero attached hydrogens (tertiary/aromatic N) is 1. The van der Waals surface area contributed by atoms with Crippen LogP contribution in [-0.2, 0) is 6.42 Å². The van der Waals surface area contributed by atoms with Crippen LogP contribution in [0.1, 0.15) is 28.9 Å². The van der Waals surface area contributed by atoms with Crippen molar-refractivity contribution < 1.29 is 13.6 Å². The molecule has 3 heterocycles. The van der Waals surface area contributed by atoms with Crippen LogP contribution >= 0.6 is 0 Å². The summed E-state index contributed by atoms with van der Waals surface area (Å²) in [6.07, 6.45) is 2.76. The maximum atomic E-state index is 13.1. The number of carbonyl (C=O) groups is 1. The normalized spacial score (nSPS) is 15.4. The molecule has 6 nitrogen and oxygen atoms in total. The number of hydrogen-bond acceptors (Lipinski definition) is 3. The third-order valence-corrected chi connectivity index (χ3v) is 5.73. The summed E-state index contributed by atoms with van der Waals surface area (Å²) in [5.41, 5.74) is 3.50. The summed E-state index contributed by atoms with van der Waals surface area (Å²) in [7, 11) is 0. The molecule has 2 N–H and O–H groups in total. The van der Waals surface area contributed by atoms with Crippen molar-refractivity contribution in [2.75, 3.05) is 13.1 Å². The Morgan fingerprint density at radius 2 is 1.83 bits per heavy atom. The molecule has 1 aliphatic heterocycles. The number of fused-ring (bicyclic) bond motifs is 2. The molecule has 29 heavy (non-hydrogen) atoms. The minimum Gasteiger partial charge on any atom is -0.408 e. The first kappa shape index (κ1) is 17.7. The largest absolute Gasteiger partial charge is 0.417 e. The van der Waals surface area contributed by atoms with E-state index in [0.29, 0.717) is 35.8 Å². The van der Waals surface area contributed by atoms with Gasteiger partial charge in [0.1, 0.15) is 11.5 Å². The summed E-state index contributed by atoms with van der Waals surface area (Å²) in [5, 5.41) is 0.851. The van der Waals surface area contributed by atoms with Crippen molar-refractivity contribution in [2.24, 2.45) is 5.92 Å². The quantitative estimate of drug-likeness (QED) is 0.555. The van der Waals surface area contributed by atoms with E-state index in [2.05, 4.69) is 9.97 Å². The zero-order valence-electron chi connectivity index (χ0n) is 15.7. The van der Waals surface area contributed by atoms with E-state index >= 15 is 0 Å². The minimum atomic E-state index is -0.493. The number of oxazole rings is 1. The molecular formula is C22H20FN3O3. The average molecular weight is 393 g/mol. The topological polar surface area (TPSA) is 82.1 Å². The highest BCUT2D eigenvalue weighted by atomic mass is 19.1. The maximum Gasteiger partial charge on any atom is 0.417 e. The number of nitrogens with one attached hydrogen (secondary N) is 2. The van der Waals surface area contributed by atoms with Crippen molar-refractivity contribution in [3.05, 3.63) is 70.1 Å². The number of carbonyl (C=O) groups excluding carboxylic acids is 1. The molecule has 7 heteroatoms. The molecular weight excluding hydrogens is 373 g/mol. The smallest absolute Gasteiger partial charge is 0.408 e. The Hall–Kier alpha value is -3.35. The van der Waals surface area contributed by atoms with Gasteiger partial charge in [0.2, 0.25) is 0 Å². The molecule has 148 valence electrons. The summed E-state index contributed by atoms with van der Waals surface area (Å²) in [4.78, 5) is 31.9. The molecule has 0 saturated carbocycles. The SMILES string of the molecule is O=C(c1cc2cc3[nH]c(=O)oc3cc2[nH]1)N1CCC(Cc2ccc(F)cc2)CC1. The van der Waals surface area contributed by atoms with Crippen LogP contribution in [0, 0.1) is 11.7 Å². The van der Waals surface area contributed by atoms with Crippen LogP contribution < -0.4 is 5.76 Å². The second-order valence-corrected chi connectivity index (χ2v) is 7.70. The van der Waals surface area contributed by atoms with E-state index in [-0.39, 0.29) is 11.7 Å². The van der Waals surface area contributed by atoms with Gasteiger partial charge in [0.25, 0.3) is 5.91 Å². The molecule has 2 aromatic carbocycles. The lowest BCUT2D eigenvalue weighted by Crippen LogP contribution is -2.39. The summed E-state index contributed by atoms with van der Waals surface area (Å²) < 4.78 is 18.1. The number of hydrogen-bond donors (Lipinski definition) is 2. The van der Waals surface area contributed by atoms with E-state index in [4.69, 9.17) is 4.42 Å². The van der Waals surface area contributed by atoms with Gasteiger partial charge in [-0.3, -0.25) is 9.78 Å². The van der Waals surface area contributed by atoms with Crippen LogP contribution in [0.15, 0.2) is 51.7 Å². The highest BCUT2D eigenvalue weighted by Gasteiger charge is 2.25. The van der Waals surface area contributed by atoms with Gasteiger partial charge in [-0.25, -0.2) is 9.18 Å². The predicted molar refractivity (Wildman–Crippen MR) is 107 cm³/mol. The van der Waals surface area contributed by atoms with Crippen LogP contribution in [0.4, 0.5) is 4.39 Å². The van der Waals surface area contributed by atoms with Gasteiger partial charge >= 0.3 is 5.76 Å². The second-order valence-electron chi connectivity index (χ2n) is 7.70. The van der Waals surface area contributed by atoms with Gasteiger partial charge < -0.3 is 14.3 Å². The van der Waals surface area contributed by atoms with Crippen molar-refractivity contribution in [1.29, 1.82) is 0 Å². The molecule has 1 amide bonds. The first-order chi connectivity index (χ1) is 14.0. The summed E-state index contributed by atoms with van der Waals surface area (Å²) >= 11 is 0. The minimum absolute atomic E-state index is 0.0217. The third kappa shape index (κ3) is 3.44. The lowest BCUT2D eigenvalue weighted by molar-refractivity contribution is 0.0685. The summed E-state index contributed by atoms with van der Waals surface area (Å²) in [6.45, 7) is 1.41. The molecule has 0 unspecified atom stereocenters. The number of benzene rings is 2. The molecule has 0 spiro atoms. The van der Waals surface area contributed by atoms with Gasteiger partial charge in [0.15, 0.2) is 5.58 Å². The Bertz CT molecular complexity index is 1190. The van der Waals surface area contributed by atoms with Crippen molar-refractivity contribution in [3.8, 4) is 0 Å². The number of halogens is 1. The lowest BCUT2D eigenvalue weighted by Gasteiger charge is -2.31. The van der Waals surface area contributed by atoms with E-state index in [1.165, 1.54) is 12.1 Å². The molecule has 2 aromatic heterocycles. The van der Waals surface area contributed by atoms with Crippen LogP contribution in [0.2, 0.25) is 0 Å². The molecule has 0 aliphatic carbocycles. The average Bonchev–Trinajstić information content (AvgIpc) is 3.29. The highest BCUT2D eigenvalue weighted by Crippen LogP contribution is 2.25. The Morgan fingerprint density at radius 3 is 2.59 bits per heavy atom. The number of amides is 1. The van der Waals surface area contributed by atoms with Gasteiger partial charge in [-0.1, -0.05) is 12.1 Å². The first-order valence-electron chi connectivity index (χ1n) is 9.74. The number of aromatic nitrogens is 2. The zero-order valence-corrected chi connectivity index (χ0v) is 15.7. The molecule has 0 atom stereocenters. The number of rotatable bonds is 3. The number of likely N-dealkylation sites (tertiary alicyclic amines) is 1. The van der Waals surface area contributed by atoms with E-state index in [0.717, 1.165) is 35.7 Å². The molecule has 1 aliphatic rings. The van der Waals surface area contributed by atoms with Gasteiger partial charge in [0.05, 0.1) is 5.52 Å².